The maximum absolute atomic E-state index is 12.3. The van der Waals surface area contributed by atoms with Crippen LogP contribution in [0, 0.1) is 6.92 Å². The zero-order valence-corrected chi connectivity index (χ0v) is 11.0. The second-order valence-corrected chi connectivity index (χ2v) is 4.17. The minimum absolute atomic E-state index is 0.153. The van der Waals surface area contributed by atoms with Crippen molar-refractivity contribution in [1.29, 1.82) is 0 Å². The van der Waals surface area contributed by atoms with Gasteiger partial charge in [-0.2, -0.15) is 13.2 Å². The molecule has 1 heterocycles. The van der Waals surface area contributed by atoms with Gasteiger partial charge in [-0.15, -0.1) is 0 Å². The number of carboxylic acid groups (broad SMARTS) is 1. The lowest BCUT2D eigenvalue weighted by Gasteiger charge is -2.22. The number of hydrogen-bond donors (Lipinski definition) is 2. The number of aromatic nitrogens is 2. The number of urea groups is 1. The van der Waals surface area contributed by atoms with Crippen LogP contribution < -0.4 is 5.32 Å². The highest BCUT2D eigenvalue weighted by Crippen LogP contribution is 2.16. The number of hydrogen-bond acceptors (Lipinski definition) is 4. The summed E-state index contributed by atoms with van der Waals surface area (Å²) in [6, 6.07) is -1.14. The molecule has 21 heavy (non-hydrogen) atoms. The molecule has 10 heteroatoms. The largest absolute Gasteiger partial charge is 0.480 e. The molecule has 0 aliphatic rings. The topological polar surface area (TPSA) is 95.4 Å². The summed E-state index contributed by atoms with van der Waals surface area (Å²) >= 11 is 0. The van der Waals surface area contributed by atoms with Gasteiger partial charge in [0.05, 0.1) is 24.1 Å². The highest BCUT2D eigenvalue weighted by molar-refractivity contribution is 5.80. The van der Waals surface area contributed by atoms with Gasteiger partial charge in [0.25, 0.3) is 0 Å². The average molecular weight is 306 g/mol. The first-order valence-electron chi connectivity index (χ1n) is 5.76. The Balaban J connectivity index is 2.63. The Bertz CT molecular complexity index is 504. The van der Waals surface area contributed by atoms with E-state index in [1.54, 1.807) is 6.92 Å². The molecule has 2 N–H and O–H groups in total. The number of rotatable bonds is 5. The van der Waals surface area contributed by atoms with E-state index >= 15 is 0 Å². The summed E-state index contributed by atoms with van der Waals surface area (Å²) in [7, 11) is 0. The van der Waals surface area contributed by atoms with Crippen molar-refractivity contribution in [2.24, 2.45) is 0 Å². The number of nitrogens with one attached hydrogen (secondary N) is 1. The first kappa shape index (κ1) is 16.7. The molecule has 0 aliphatic heterocycles. The van der Waals surface area contributed by atoms with E-state index in [2.05, 4.69) is 15.3 Å². The fraction of sp³-hybridized carbons (Fsp3) is 0.455. The fourth-order valence-electron chi connectivity index (χ4n) is 1.37. The Hall–Kier alpha value is -2.39. The predicted molar refractivity (Wildman–Crippen MR) is 64.3 cm³/mol. The first-order chi connectivity index (χ1) is 9.67. The molecule has 0 spiro atoms. The molecule has 0 unspecified atom stereocenters. The predicted octanol–water partition coefficient (Wildman–Crippen LogP) is 0.944. The molecular weight excluding hydrogens is 293 g/mol. The number of alkyl halides is 3. The molecule has 0 atom stereocenters. The van der Waals surface area contributed by atoms with Crippen LogP contribution in [0.1, 0.15) is 11.4 Å². The lowest BCUT2D eigenvalue weighted by molar-refractivity contribution is -0.148. The third kappa shape index (κ3) is 6.54. The molecule has 2 amide bonds. The van der Waals surface area contributed by atoms with Crippen LogP contribution in [0.15, 0.2) is 12.4 Å². The minimum Gasteiger partial charge on any atom is -0.480 e. The molecule has 0 saturated carbocycles. The summed E-state index contributed by atoms with van der Waals surface area (Å²) in [6.45, 7) is -1.15. The molecule has 0 saturated heterocycles. The van der Waals surface area contributed by atoms with Gasteiger partial charge in [0.1, 0.15) is 13.1 Å². The van der Waals surface area contributed by atoms with E-state index in [4.69, 9.17) is 5.11 Å². The summed E-state index contributed by atoms with van der Waals surface area (Å²) in [4.78, 5) is 30.1. The summed E-state index contributed by atoms with van der Waals surface area (Å²) in [5.74, 6) is -1.54. The average Bonchev–Trinajstić information content (AvgIpc) is 2.34. The minimum atomic E-state index is -4.68. The first-order valence-corrected chi connectivity index (χ1v) is 5.76. The van der Waals surface area contributed by atoms with Crippen molar-refractivity contribution in [2.45, 2.75) is 19.6 Å². The number of carboxylic acids is 1. The lowest BCUT2D eigenvalue weighted by atomic mass is 10.4. The van der Waals surface area contributed by atoms with E-state index in [9.17, 15) is 22.8 Å². The molecule has 0 bridgehead atoms. The van der Waals surface area contributed by atoms with E-state index in [0.717, 1.165) is 0 Å². The maximum atomic E-state index is 12.3. The maximum Gasteiger partial charge on any atom is 0.406 e. The van der Waals surface area contributed by atoms with E-state index in [0.29, 0.717) is 11.4 Å². The smallest absolute Gasteiger partial charge is 0.406 e. The Morgan fingerprint density at radius 2 is 2.00 bits per heavy atom. The number of aryl methyl sites for hydroxylation is 1. The van der Waals surface area contributed by atoms with Gasteiger partial charge in [-0.25, -0.2) is 4.79 Å². The number of aliphatic carboxylic acids is 1. The third-order valence-electron chi connectivity index (χ3n) is 2.24. The molecule has 0 aromatic carbocycles. The molecule has 0 radical (unpaired) electrons. The molecule has 1 aromatic heterocycles. The van der Waals surface area contributed by atoms with Gasteiger partial charge in [-0.3, -0.25) is 14.8 Å². The van der Waals surface area contributed by atoms with E-state index < -0.39 is 31.3 Å². The molecule has 0 aliphatic carbocycles. The Morgan fingerprint density at radius 1 is 1.33 bits per heavy atom. The number of nitrogens with zero attached hydrogens (tertiary/aromatic N) is 3. The van der Waals surface area contributed by atoms with Crippen LogP contribution in [0.4, 0.5) is 18.0 Å². The van der Waals surface area contributed by atoms with Crippen LogP contribution in [-0.2, 0) is 11.3 Å². The summed E-state index contributed by atoms with van der Waals surface area (Å²) < 4.78 is 36.9. The standard InChI is InChI=1S/C11H13F3N4O3/c1-7-2-16-8(3-15-7)4-17-10(21)18(5-9(19)20)6-11(12,13)14/h2-3H,4-6H2,1H3,(H,17,21)(H,19,20). The fourth-order valence-corrected chi connectivity index (χ4v) is 1.37. The van der Waals surface area contributed by atoms with Gasteiger partial charge >= 0.3 is 18.2 Å². The number of carbonyl (C=O) groups is 2. The molecule has 116 valence electrons. The second kappa shape index (κ2) is 6.86. The van der Waals surface area contributed by atoms with Gasteiger partial charge in [-0.1, -0.05) is 0 Å². The molecule has 1 rings (SSSR count). The van der Waals surface area contributed by atoms with Crippen molar-refractivity contribution in [2.75, 3.05) is 13.1 Å². The highest BCUT2D eigenvalue weighted by atomic mass is 19.4. The van der Waals surface area contributed by atoms with Crippen LogP contribution in [-0.4, -0.2) is 51.2 Å². The Kier molecular flexibility index (Phi) is 5.44. The van der Waals surface area contributed by atoms with Crippen molar-refractivity contribution >= 4 is 12.0 Å². The third-order valence-corrected chi connectivity index (χ3v) is 2.24. The van der Waals surface area contributed by atoms with Crippen LogP contribution in [0.25, 0.3) is 0 Å². The summed E-state index contributed by atoms with van der Waals surface area (Å²) in [5, 5.41) is 10.7. The molecular formula is C11H13F3N4O3. The van der Waals surface area contributed by atoms with Gasteiger partial charge < -0.3 is 15.3 Å². The van der Waals surface area contributed by atoms with Gasteiger partial charge in [0.15, 0.2) is 0 Å². The zero-order valence-electron chi connectivity index (χ0n) is 11.0. The number of halogens is 3. The van der Waals surface area contributed by atoms with Crippen molar-refractivity contribution in [3.63, 3.8) is 0 Å². The SMILES string of the molecule is Cc1cnc(CNC(=O)N(CC(=O)O)CC(F)(F)F)cn1. The monoisotopic (exact) mass is 306 g/mol. The van der Waals surface area contributed by atoms with Gasteiger partial charge in [0, 0.05) is 6.20 Å². The van der Waals surface area contributed by atoms with Crippen molar-refractivity contribution < 1.29 is 27.9 Å². The lowest BCUT2D eigenvalue weighted by Crippen LogP contribution is -2.46. The number of carbonyl (C=O) groups excluding carboxylic acids is 1. The molecule has 0 fully saturated rings. The van der Waals surface area contributed by atoms with Crippen LogP contribution in [0.3, 0.4) is 0 Å². The molecule has 1 aromatic rings. The highest BCUT2D eigenvalue weighted by Gasteiger charge is 2.33. The summed E-state index contributed by atoms with van der Waals surface area (Å²) in [5.41, 5.74) is 0.992. The van der Waals surface area contributed by atoms with Gasteiger partial charge in [-0.05, 0) is 6.92 Å². The van der Waals surface area contributed by atoms with Gasteiger partial charge in [0.2, 0.25) is 0 Å². The second-order valence-electron chi connectivity index (χ2n) is 4.17. The molecule has 7 nitrogen and oxygen atoms in total. The van der Waals surface area contributed by atoms with Crippen LogP contribution in [0.2, 0.25) is 0 Å². The number of amides is 2. The zero-order chi connectivity index (χ0) is 16.0. The van der Waals surface area contributed by atoms with Crippen molar-refractivity contribution in [1.82, 2.24) is 20.2 Å². The van der Waals surface area contributed by atoms with E-state index in [1.807, 2.05) is 0 Å². The Labute approximate surface area is 117 Å². The van der Waals surface area contributed by atoms with E-state index in [1.165, 1.54) is 12.4 Å². The normalized spacial score (nSPS) is 11.0. The van der Waals surface area contributed by atoms with E-state index in [-0.39, 0.29) is 11.4 Å². The van der Waals surface area contributed by atoms with Crippen LogP contribution in [0.5, 0.6) is 0 Å². The Morgan fingerprint density at radius 3 is 2.48 bits per heavy atom. The summed E-state index contributed by atoms with van der Waals surface area (Å²) in [6.07, 6.45) is -1.89. The van der Waals surface area contributed by atoms with Crippen LogP contribution >= 0.6 is 0 Å². The quantitative estimate of drug-likeness (QED) is 0.844. The van der Waals surface area contributed by atoms with Crippen molar-refractivity contribution in [3.8, 4) is 0 Å². The van der Waals surface area contributed by atoms with Crippen molar-refractivity contribution in [3.05, 3.63) is 23.8 Å².